The van der Waals surface area contributed by atoms with E-state index in [0.29, 0.717) is 0 Å². The van der Waals surface area contributed by atoms with Gasteiger partial charge in [-0.1, -0.05) is 26.2 Å². The summed E-state index contributed by atoms with van der Waals surface area (Å²) >= 11 is 0. The van der Waals surface area contributed by atoms with E-state index in [-0.39, 0.29) is 0 Å². The Labute approximate surface area is 94.0 Å². The quantitative estimate of drug-likeness (QED) is 0.730. The van der Waals surface area contributed by atoms with Crippen LogP contribution in [0.15, 0.2) is 0 Å². The molecule has 0 saturated heterocycles. The fraction of sp³-hybridized carbons (Fsp3) is 1.00. The molecule has 2 aliphatic rings. The van der Waals surface area contributed by atoms with Gasteiger partial charge in [-0.05, 0) is 44.1 Å². The molecule has 0 aromatic heterocycles. The Morgan fingerprint density at radius 2 is 1.93 bits per heavy atom. The van der Waals surface area contributed by atoms with Gasteiger partial charge in [-0.25, -0.2) is 0 Å². The van der Waals surface area contributed by atoms with Crippen LogP contribution in [0.1, 0.15) is 51.9 Å². The standard InChI is InChI=1S/C13H26N2/c1-2-5-10-8-13(10)15-12-7-4-3-6-11(12)9-14/h10-13,15H,2-9,14H2,1H3. The smallest absolute Gasteiger partial charge is 0.0110 e. The molecule has 0 aliphatic heterocycles. The van der Waals surface area contributed by atoms with E-state index < -0.39 is 0 Å². The Morgan fingerprint density at radius 1 is 1.13 bits per heavy atom. The molecule has 0 amide bonds. The molecule has 2 saturated carbocycles. The van der Waals surface area contributed by atoms with Crippen molar-refractivity contribution in [2.45, 2.75) is 64.0 Å². The normalized spacial score (nSPS) is 40.4. The molecule has 2 rings (SSSR count). The first-order chi connectivity index (χ1) is 7.35. The second-order valence-corrected chi connectivity index (χ2v) is 5.44. The maximum atomic E-state index is 5.84. The van der Waals surface area contributed by atoms with Gasteiger partial charge in [-0.2, -0.15) is 0 Å². The summed E-state index contributed by atoms with van der Waals surface area (Å²) in [7, 11) is 0. The van der Waals surface area contributed by atoms with E-state index in [9.17, 15) is 0 Å². The molecule has 4 atom stereocenters. The number of rotatable bonds is 5. The minimum absolute atomic E-state index is 0.732. The van der Waals surface area contributed by atoms with Crippen LogP contribution >= 0.6 is 0 Å². The zero-order valence-corrected chi connectivity index (χ0v) is 10.0. The van der Waals surface area contributed by atoms with E-state index in [1.54, 1.807) is 0 Å². The molecule has 15 heavy (non-hydrogen) atoms. The van der Waals surface area contributed by atoms with Gasteiger partial charge in [0.05, 0.1) is 0 Å². The molecule has 0 aromatic rings. The van der Waals surface area contributed by atoms with Crippen molar-refractivity contribution in [3.05, 3.63) is 0 Å². The van der Waals surface area contributed by atoms with Crippen LogP contribution in [0.3, 0.4) is 0 Å². The van der Waals surface area contributed by atoms with Gasteiger partial charge < -0.3 is 11.1 Å². The van der Waals surface area contributed by atoms with Gasteiger partial charge in [-0.15, -0.1) is 0 Å². The maximum absolute atomic E-state index is 5.84. The minimum Gasteiger partial charge on any atom is -0.330 e. The molecule has 0 radical (unpaired) electrons. The highest BCUT2D eigenvalue weighted by molar-refractivity contribution is 4.96. The van der Waals surface area contributed by atoms with Crippen molar-refractivity contribution in [1.29, 1.82) is 0 Å². The molecule has 0 bridgehead atoms. The molecule has 2 aliphatic carbocycles. The fourth-order valence-electron chi connectivity index (χ4n) is 3.13. The lowest BCUT2D eigenvalue weighted by Crippen LogP contribution is -2.43. The first-order valence-electron chi connectivity index (χ1n) is 6.81. The average Bonchev–Trinajstić information content (AvgIpc) is 2.98. The van der Waals surface area contributed by atoms with E-state index in [1.165, 1.54) is 44.9 Å². The number of hydrogen-bond acceptors (Lipinski definition) is 2. The first-order valence-corrected chi connectivity index (χ1v) is 6.81. The molecule has 2 nitrogen and oxygen atoms in total. The minimum atomic E-state index is 0.732. The lowest BCUT2D eigenvalue weighted by atomic mass is 9.84. The van der Waals surface area contributed by atoms with Crippen molar-refractivity contribution in [3.8, 4) is 0 Å². The summed E-state index contributed by atoms with van der Waals surface area (Å²) in [5, 5.41) is 3.85. The monoisotopic (exact) mass is 210 g/mol. The third kappa shape index (κ3) is 2.94. The third-order valence-corrected chi connectivity index (χ3v) is 4.22. The molecule has 88 valence electrons. The van der Waals surface area contributed by atoms with E-state index in [4.69, 9.17) is 5.73 Å². The molecular weight excluding hydrogens is 184 g/mol. The van der Waals surface area contributed by atoms with E-state index in [2.05, 4.69) is 12.2 Å². The van der Waals surface area contributed by atoms with Gasteiger partial charge in [0.1, 0.15) is 0 Å². The number of nitrogens with two attached hydrogens (primary N) is 1. The largest absolute Gasteiger partial charge is 0.330 e. The number of nitrogens with one attached hydrogen (secondary N) is 1. The van der Waals surface area contributed by atoms with Crippen LogP contribution in [0.2, 0.25) is 0 Å². The highest BCUT2D eigenvalue weighted by Gasteiger charge is 2.38. The number of hydrogen-bond donors (Lipinski definition) is 2. The second-order valence-electron chi connectivity index (χ2n) is 5.44. The Kier molecular flexibility index (Phi) is 4.04. The van der Waals surface area contributed by atoms with Crippen LogP contribution < -0.4 is 11.1 Å². The van der Waals surface area contributed by atoms with Crippen LogP contribution in [0.25, 0.3) is 0 Å². The van der Waals surface area contributed by atoms with Crippen LogP contribution in [0.5, 0.6) is 0 Å². The van der Waals surface area contributed by atoms with Crippen molar-refractivity contribution in [1.82, 2.24) is 5.32 Å². The van der Waals surface area contributed by atoms with Crippen LogP contribution in [0, 0.1) is 11.8 Å². The van der Waals surface area contributed by atoms with Gasteiger partial charge >= 0.3 is 0 Å². The van der Waals surface area contributed by atoms with Gasteiger partial charge in [0.25, 0.3) is 0 Å². The van der Waals surface area contributed by atoms with Crippen LogP contribution in [-0.4, -0.2) is 18.6 Å². The summed E-state index contributed by atoms with van der Waals surface area (Å²) in [6.45, 7) is 3.17. The lowest BCUT2D eigenvalue weighted by molar-refractivity contribution is 0.263. The Balaban J connectivity index is 1.73. The topological polar surface area (TPSA) is 38.0 Å². The summed E-state index contributed by atoms with van der Waals surface area (Å²) in [4.78, 5) is 0. The highest BCUT2D eigenvalue weighted by Crippen LogP contribution is 2.36. The zero-order chi connectivity index (χ0) is 10.7. The van der Waals surface area contributed by atoms with Gasteiger partial charge in [-0.3, -0.25) is 0 Å². The van der Waals surface area contributed by atoms with Crippen LogP contribution in [0.4, 0.5) is 0 Å². The summed E-state index contributed by atoms with van der Waals surface area (Å²) in [6.07, 6.45) is 9.67. The van der Waals surface area contributed by atoms with Crippen molar-refractivity contribution >= 4 is 0 Å². The Morgan fingerprint density at radius 3 is 2.67 bits per heavy atom. The summed E-state index contributed by atoms with van der Waals surface area (Å²) in [6, 6.07) is 1.57. The molecule has 0 heterocycles. The third-order valence-electron chi connectivity index (χ3n) is 4.22. The summed E-state index contributed by atoms with van der Waals surface area (Å²) in [5.74, 6) is 1.73. The lowest BCUT2D eigenvalue weighted by Gasteiger charge is -2.31. The van der Waals surface area contributed by atoms with Crippen molar-refractivity contribution in [2.24, 2.45) is 17.6 Å². The summed E-state index contributed by atoms with van der Waals surface area (Å²) < 4.78 is 0. The molecular formula is C13H26N2. The second kappa shape index (κ2) is 5.31. The molecule has 3 N–H and O–H groups in total. The zero-order valence-electron chi connectivity index (χ0n) is 10.0. The highest BCUT2D eigenvalue weighted by atomic mass is 15.0. The van der Waals surface area contributed by atoms with Gasteiger partial charge in [0, 0.05) is 12.1 Å². The van der Waals surface area contributed by atoms with Gasteiger partial charge in [0.2, 0.25) is 0 Å². The maximum Gasteiger partial charge on any atom is 0.0110 e. The van der Waals surface area contributed by atoms with Crippen LogP contribution in [-0.2, 0) is 0 Å². The summed E-state index contributed by atoms with van der Waals surface area (Å²) in [5.41, 5.74) is 5.84. The first kappa shape index (κ1) is 11.4. The molecule has 2 fully saturated rings. The molecule has 4 unspecified atom stereocenters. The Bertz CT molecular complexity index is 193. The van der Waals surface area contributed by atoms with Crippen molar-refractivity contribution in [3.63, 3.8) is 0 Å². The van der Waals surface area contributed by atoms with E-state index in [0.717, 1.165) is 30.5 Å². The Hall–Kier alpha value is -0.0800. The van der Waals surface area contributed by atoms with E-state index >= 15 is 0 Å². The van der Waals surface area contributed by atoms with Gasteiger partial charge in [0.15, 0.2) is 0 Å². The van der Waals surface area contributed by atoms with Crippen molar-refractivity contribution in [2.75, 3.05) is 6.54 Å². The SMILES string of the molecule is CCCC1CC1NC1CCCCC1CN. The molecule has 0 spiro atoms. The predicted octanol–water partition coefficient (Wildman–Crippen LogP) is 2.28. The van der Waals surface area contributed by atoms with Crippen molar-refractivity contribution < 1.29 is 0 Å². The molecule has 2 heteroatoms. The fourth-order valence-corrected chi connectivity index (χ4v) is 3.13. The molecule has 0 aromatic carbocycles. The predicted molar refractivity (Wildman–Crippen MR) is 64.7 cm³/mol. The average molecular weight is 210 g/mol. The van der Waals surface area contributed by atoms with E-state index in [1.807, 2.05) is 0 Å².